The van der Waals surface area contributed by atoms with E-state index in [9.17, 15) is 9.59 Å². The molecule has 0 atom stereocenters. The second kappa shape index (κ2) is 2.44. The van der Waals surface area contributed by atoms with Crippen molar-refractivity contribution in [1.82, 2.24) is 14.6 Å². The molecule has 66 valence electrons. The van der Waals surface area contributed by atoms with Crippen molar-refractivity contribution in [2.75, 3.05) is 0 Å². The van der Waals surface area contributed by atoms with E-state index in [-0.39, 0.29) is 16.8 Å². The fourth-order valence-corrected chi connectivity index (χ4v) is 1.09. The van der Waals surface area contributed by atoms with Gasteiger partial charge in [0, 0.05) is 6.20 Å². The quantitative estimate of drug-likeness (QED) is 0.630. The molecular formula is C7H5N3O3. The Balaban J connectivity index is 2.94. The minimum atomic E-state index is -1.13. The smallest absolute Gasteiger partial charge is 0.356 e. The Morgan fingerprint density at radius 3 is 3.08 bits per heavy atom. The Bertz CT molecular complexity index is 525. The zero-order valence-electron chi connectivity index (χ0n) is 6.39. The van der Waals surface area contributed by atoms with Crippen LogP contribution in [-0.4, -0.2) is 25.7 Å². The van der Waals surface area contributed by atoms with Gasteiger partial charge >= 0.3 is 5.97 Å². The highest BCUT2D eigenvalue weighted by atomic mass is 16.4. The van der Waals surface area contributed by atoms with Crippen molar-refractivity contribution in [2.24, 2.45) is 0 Å². The topological polar surface area (TPSA) is 87.5 Å². The highest BCUT2D eigenvalue weighted by molar-refractivity contribution is 5.85. The first kappa shape index (κ1) is 7.53. The van der Waals surface area contributed by atoms with Gasteiger partial charge in [-0.1, -0.05) is 0 Å². The molecule has 0 aliphatic heterocycles. The first-order valence-corrected chi connectivity index (χ1v) is 3.49. The standard InChI is InChI=1S/C7H5N3O3/c11-6-4-1-2-9-10(4)5(3-8-6)7(12)13/h1-3H,(H,8,11)(H,12,13). The number of rotatable bonds is 1. The number of carboxylic acids is 1. The molecule has 2 rings (SSSR count). The van der Waals surface area contributed by atoms with Gasteiger partial charge in [0.1, 0.15) is 5.52 Å². The summed E-state index contributed by atoms with van der Waals surface area (Å²) in [5.74, 6) is -1.13. The third-order valence-corrected chi connectivity index (χ3v) is 1.66. The van der Waals surface area contributed by atoms with Crippen molar-refractivity contribution < 1.29 is 9.90 Å². The fourth-order valence-electron chi connectivity index (χ4n) is 1.09. The number of H-pyrrole nitrogens is 1. The van der Waals surface area contributed by atoms with Crippen LogP contribution in [0, 0.1) is 0 Å². The number of nitrogens with zero attached hydrogens (tertiary/aromatic N) is 2. The summed E-state index contributed by atoms with van der Waals surface area (Å²) in [5, 5.41) is 12.4. The van der Waals surface area contributed by atoms with Crippen molar-refractivity contribution in [1.29, 1.82) is 0 Å². The minimum Gasteiger partial charge on any atom is -0.476 e. The summed E-state index contributed by atoms with van der Waals surface area (Å²) < 4.78 is 1.08. The van der Waals surface area contributed by atoms with E-state index >= 15 is 0 Å². The molecule has 2 aromatic rings. The first-order valence-electron chi connectivity index (χ1n) is 3.49. The molecule has 2 N–H and O–H groups in total. The van der Waals surface area contributed by atoms with Crippen LogP contribution < -0.4 is 5.56 Å². The summed E-state index contributed by atoms with van der Waals surface area (Å²) in [7, 11) is 0. The van der Waals surface area contributed by atoms with Gasteiger partial charge in [0.05, 0.1) is 6.20 Å². The monoisotopic (exact) mass is 179 g/mol. The molecule has 0 saturated carbocycles. The van der Waals surface area contributed by atoms with E-state index in [0.717, 1.165) is 10.7 Å². The van der Waals surface area contributed by atoms with Crippen LogP contribution in [0.3, 0.4) is 0 Å². The predicted octanol–water partition coefficient (Wildman–Crippen LogP) is -0.279. The molecule has 0 amide bonds. The molecule has 0 spiro atoms. The van der Waals surface area contributed by atoms with Crippen LogP contribution in [0.2, 0.25) is 0 Å². The van der Waals surface area contributed by atoms with Gasteiger partial charge in [0.25, 0.3) is 5.56 Å². The SMILES string of the molecule is O=C(O)c1c[nH]c(=O)c2ccnn12. The van der Waals surface area contributed by atoms with E-state index < -0.39 is 5.97 Å². The molecule has 0 bridgehead atoms. The highest BCUT2D eigenvalue weighted by Gasteiger charge is 2.10. The normalized spacial score (nSPS) is 10.5. The number of aromatic amines is 1. The molecule has 0 aliphatic carbocycles. The predicted molar refractivity (Wildman–Crippen MR) is 42.8 cm³/mol. The van der Waals surface area contributed by atoms with Gasteiger partial charge in [-0.25, -0.2) is 9.31 Å². The largest absolute Gasteiger partial charge is 0.476 e. The maximum absolute atomic E-state index is 11.1. The molecule has 6 nitrogen and oxygen atoms in total. The lowest BCUT2D eigenvalue weighted by molar-refractivity contribution is 0.0687. The Morgan fingerprint density at radius 2 is 2.38 bits per heavy atom. The Kier molecular flexibility index (Phi) is 1.42. The number of carboxylic acid groups (broad SMARTS) is 1. The third-order valence-electron chi connectivity index (χ3n) is 1.66. The lowest BCUT2D eigenvalue weighted by atomic mass is 10.4. The second-order valence-corrected chi connectivity index (χ2v) is 2.44. The summed E-state index contributed by atoms with van der Waals surface area (Å²) in [6, 6.07) is 1.45. The summed E-state index contributed by atoms with van der Waals surface area (Å²) in [4.78, 5) is 24.1. The summed E-state index contributed by atoms with van der Waals surface area (Å²) in [5.41, 5.74) is -0.206. The zero-order chi connectivity index (χ0) is 9.42. The van der Waals surface area contributed by atoms with E-state index in [2.05, 4.69) is 10.1 Å². The fraction of sp³-hybridized carbons (Fsp3) is 0. The molecular weight excluding hydrogens is 174 g/mol. The van der Waals surface area contributed by atoms with Crippen LogP contribution >= 0.6 is 0 Å². The van der Waals surface area contributed by atoms with E-state index in [1.165, 1.54) is 12.3 Å². The lowest BCUT2D eigenvalue weighted by Crippen LogP contribution is -2.15. The first-order chi connectivity index (χ1) is 6.20. The van der Waals surface area contributed by atoms with Crippen LogP contribution in [0.4, 0.5) is 0 Å². The Labute approximate surface area is 71.4 Å². The molecule has 0 fully saturated rings. The molecule has 0 unspecified atom stereocenters. The summed E-state index contributed by atoms with van der Waals surface area (Å²) >= 11 is 0. The number of fused-ring (bicyclic) bond motifs is 1. The number of aromatic carboxylic acids is 1. The Hall–Kier alpha value is -2.11. The van der Waals surface area contributed by atoms with Crippen molar-refractivity contribution >= 4 is 11.5 Å². The third kappa shape index (κ3) is 0.994. The number of hydrogen-bond acceptors (Lipinski definition) is 3. The molecule has 0 aliphatic rings. The second-order valence-electron chi connectivity index (χ2n) is 2.44. The number of carbonyl (C=O) groups is 1. The number of aromatic nitrogens is 3. The van der Waals surface area contributed by atoms with E-state index in [1.807, 2.05) is 0 Å². The van der Waals surface area contributed by atoms with E-state index in [1.54, 1.807) is 0 Å². The van der Waals surface area contributed by atoms with E-state index in [0.29, 0.717) is 0 Å². The minimum absolute atomic E-state index is 0.0698. The maximum Gasteiger partial charge on any atom is 0.356 e. The molecule has 6 heteroatoms. The molecule has 0 saturated heterocycles. The van der Waals surface area contributed by atoms with Gasteiger partial charge in [-0.2, -0.15) is 5.10 Å². The Morgan fingerprint density at radius 1 is 1.62 bits per heavy atom. The highest BCUT2D eigenvalue weighted by Crippen LogP contribution is 1.99. The number of hydrogen-bond donors (Lipinski definition) is 2. The van der Waals surface area contributed by atoms with Gasteiger partial charge in [-0.3, -0.25) is 4.79 Å². The molecule has 0 aromatic carbocycles. The van der Waals surface area contributed by atoms with Gasteiger partial charge in [-0.05, 0) is 6.07 Å². The lowest BCUT2D eigenvalue weighted by Gasteiger charge is -1.96. The van der Waals surface area contributed by atoms with Crippen LogP contribution in [0.1, 0.15) is 10.5 Å². The summed E-state index contributed by atoms with van der Waals surface area (Å²) in [6.07, 6.45) is 2.49. The van der Waals surface area contributed by atoms with Crippen molar-refractivity contribution in [3.05, 3.63) is 34.5 Å². The van der Waals surface area contributed by atoms with Crippen LogP contribution in [0.25, 0.3) is 5.52 Å². The van der Waals surface area contributed by atoms with Gasteiger partial charge in [0.2, 0.25) is 0 Å². The van der Waals surface area contributed by atoms with Gasteiger partial charge in [-0.15, -0.1) is 0 Å². The molecule has 0 radical (unpaired) electrons. The number of nitrogens with one attached hydrogen (secondary N) is 1. The molecule has 2 heterocycles. The van der Waals surface area contributed by atoms with Gasteiger partial charge < -0.3 is 10.1 Å². The van der Waals surface area contributed by atoms with Crippen LogP contribution in [0.5, 0.6) is 0 Å². The average molecular weight is 179 g/mol. The van der Waals surface area contributed by atoms with Crippen molar-refractivity contribution in [3.8, 4) is 0 Å². The summed E-state index contributed by atoms with van der Waals surface area (Å²) in [6.45, 7) is 0. The maximum atomic E-state index is 11.1. The molecule has 13 heavy (non-hydrogen) atoms. The van der Waals surface area contributed by atoms with Gasteiger partial charge in [0.15, 0.2) is 5.69 Å². The zero-order valence-corrected chi connectivity index (χ0v) is 6.39. The van der Waals surface area contributed by atoms with Crippen molar-refractivity contribution in [2.45, 2.75) is 0 Å². The van der Waals surface area contributed by atoms with E-state index in [4.69, 9.17) is 5.11 Å². The molecule has 2 aromatic heterocycles. The van der Waals surface area contributed by atoms with Crippen molar-refractivity contribution in [3.63, 3.8) is 0 Å². The average Bonchev–Trinajstić information content (AvgIpc) is 2.53. The van der Waals surface area contributed by atoms with Crippen LogP contribution in [0.15, 0.2) is 23.3 Å². The van der Waals surface area contributed by atoms with Crippen LogP contribution in [-0.2, 0) is 0 Å².